The first-order valence-corrected chi connectivity index (χ1v) is 7.29. The highest BCUT2D eigenvalue weighted by Crippen LogP contribution is 2.28. The number of amides is 1. The topological polar surface area (TPSA) is 46.3 Å². The van der Waals surface area contributed by atoms with Gasteiger partial charge in [0.15, 0.2) is 0 Å². The van der Waals surface area contributed by atoms with Gasteiger partial charge in [0, 0.05) is 23.8 Å². The van der Waals surface area contributed by atoms with Crippen LogP contribution in [-0.4, -0.2) is 18.5 Å². The summed E-state index contributed by atoms with van der Waals surface area (Å²) in [6.45, 7) is 4.65. The molecule has 1 atom stereocenters. The average Bonchev–Trinajstić information content (AvgIpc) is 2.48. The van der Waals surface area contributed by atoms with Crippen molar-refractivity contribution in [2.75, 3.05) is 11.4 Å². The Labute approximate surface area is 125 Å². The molecule has 1 heterocycles. The van der Waals surface area contributed by atoms with Gasteiger partial charge >= 0.3 is 0 Å². The van der Waals surface area contributed by atoms with Crippen LogP contribution in [0.25, 0.3) is 0 Å². The summed E-state index contributed by atoms with van der Waals surface area (Å²) in [5.41, 5.74) is 11.3. The van der Waals surface area contributed by atoms with Gasteiger partial charge in [0.1, 0.15) is 0 Å². The number of fused-ring (bicyclic) bond motifs is 1. The lowest BCUT2D eigenvalue weighted by Crippen LogP contribution is -2.46. The summed E-state index contributed by atoms with van der Waals surface area (Å²) in [5, 5.41) is 0. The number of carbonyl (C=O) groups excluding carboxylic acids is 1. The minimum atomic E-state index is -0.00426. The van der Waals surface area contributed by atoms with E-state index in [0.29, 0.717) is 6.54 Å². The van der Waals surface area contributed by atoms with Gasteiger partial charge in [-0.05, 0) is 55.2 Å². The lowest BCUT2D eigenvalue weighted by atomic mass is 9.97. The van der Waals surface area contributed by atoms with Crippen molar-refractivity contribution >= 4 is 11.6 Å². The number of rotatable bonds is 1. The van der Waals surface area contributed by atoms with Gasteiger partial charge in [0.25, 0.3) is 5.91 Å². The fourth-order valence-corrected chi connectivity index (χ4v) is 2.85. The molecule has 1 unspecified atom stereocenters. The normalized spacial score (nSPS) is 17.5. The lowest BCUT2D eigenvalue weighted by Gasteiger charge is -2.33. The van der Waals surface area contributed by atoms with Crippen LogP contribution in [0.2, 0.25) is 0 Å². The molecule has 0 radical (unpaired) electrons. The molecule has 108 valence electrons. The Hall–Kier alpha value is -2.13. The third-order valence-corrected chi connectivity index (χ3v) is 4.18. The van der Waals surface area contributed by atoms with Crippen molar-refractivity contribution in [3.8, 4) is 0 Å². The second kappa shape index (κ2) is 5.34. The number of benzene rings is 2. The van der Waals surface area contributed by atoms with E-state index in [1.165, 1.54) is 5.56 Å². The Morgan fingerprint density at radius 2 is 1.90 bits per heavy atom. The maximum Gasteiger partial charge on any atom is 0.258 e. The van der Waals surface area contributed by atoms with E-state index in [4.69, 9.17) is 5.73 Å². The molecule has 3 heteroatoms. The standard InChI is InChI=1S/C18H20N2O/c1-12-7-8-15(9-13(12)2)18(21)20-11-16(19)10-14-5-3-4-6-17(14)20/h3-9,16H,10-11,19H2,1-2H3. The quantitative estimate of drug-likeness (QED) is 0.873. The van der Waals surface area contributed by atoms with Crippen molar-refractivity contribution in [2.45, 2.75) is 26.3 Å². The molecule has 2 aromatic carbocycles. The van der Waals surface area contributed by atoms with E-state index < -0.39 is 0 Å². The number of aryl methyl sites for hydroxylation is 2. The molecule has 1 aliphatic heterocycles. The Morgan fingerprint density at radius 1 is 1.14 bits per heavy atom. The van der Waals surface area contributed by atoms with Crippen molar-refractivity contribution in [1.29, 1.82) is 0 Å². The van der Waals surface area contributed by atoms with Crippen LogP contribution in [0.1, 0.15) is 27.0 Å². The zero-order valence-corrected chi connectivity index (χ0v) is 12.5. The van der Waals surface area contributed by atoms with E-state index in [1.807, 2.05) is 48.2 Å². The lowest BCUT2D eigenvalue weighted by molar-refractivity contribution is 0.0983. The largest absolute Gasteiger partial charge is 0.326 e. The molecule has 1 amide bonds. The third-order valence-electron chi connectivity index (χ3n) is 4.18. The van der Waals surface area contributed by atoms with Gasteiger partial charge < -0.3 is 10.6 Å². The van der Waals surface area contributed by atoms with Crippen molar-refractivity contribution in [3.05, 3.63) is 64.7 Å². The molecule has 3 nitrogen and oxygen atoms in total. The Morgan fingerprint density at radius 3 is 2.67 bits per heavy atom. The number of para-hydroxylation sites is 1. The summed E-state index contributed by atoms with van der Waals surface area (Å²) in [7, 11) is 0. The van der Waals surface area contributed by atoms with E-state index in [9.17, 15) is 4.79 Å². The highest BCUT2D eigenvalue weighted by molar-refractivity contribution is 6.07. The van der Waals surface area contributed by atoms with Crippen LogP contribution < -0.4 is 10.6 Å². The van der Waals surface area contributed by atoms with Crippen molar-refractivity contribution in [1.82, 2.24) is 0 Å². The predicted octanol–water partition coefficient (Wildman–Crippen LogP) is 2.83. The van der Waals surface area contributed by atoms with Crippen molar-refractivity contribution < 1.29 is 4.79 Å². The molecule has 2 aromatic rings. The molecule has 0 bridgehead atoms. The van der Waals surface area contributed by atoms with Gasteiger partial charge in [0.2, 0.25) is 0 Å². The third kappa shape index (κ3) is 2.57. The van der Waals surface area contributed by atoms with E-state index in [-0.39, 0.29) is 11.9 Å². The van der Waals surface area contributed by atoms with E-state index in [2.05, 4.69) is 13.0 Å². The minimum absolute atomic E-state index is 0.00426. The molecule has 1 aliphatic rings. The monoisotopic (exact) mass is 280 g/mol. The number of carbonyl (C=O) groups is 1. The van der Waals surface area contributed by atoms with Crippen molar-refractivity contribution in [3.63, 3.8) is 0 Å². The summed E-state index contributed by atoms with van der Waals surface area (Å²) in [5.74, 6) is 0.0284. The van der Waals surface area contributed by atoms with E-state index in [0.717, 1.165) is 28.8 Å². The number of nitrogens with zero attached hydrogens (tertiary/aromatic N) is 1. The fourth-order valence-electron chi connectivity index (χ4n) is 2.85. The Kier molecular flexibility index (Phi) is 3.52. The zero-order chi connectivity index (χ0) is 15.0. The number of hydrogen-bond acceptors (Lipinski definition) is 2. The summed E-state index contributed by atoms with van der Waals surface area (Å²) in [4.78, 5) is 14.7. The van der Waals surface area contributed by atoms with Gasteiger partial charge in [-0.2, -0.15) is 0 Å². The number of hydrogen-bond donors (Lipinski definition) is 1. The van der Waals surface area contributed by atoms with E-state index in [1.54, 1.807) is 0 Å². The van der Waals surface area contributed by atoms with Gasteiger partial charge in [0.05, 0.1) is 0 Å². The van der Waals surface area contributed by atoms with Crippen LogP contribution in [0.3, 0.4) is 0 Å². The summed E-state index contributed by atoms with van der Waals surface area (Å²) < 4.78 is 0. The molecule has 2 N–H and O–H groups in total. The summed E-state index contributed by atoms with van der Waals surface area (Å²) >= 11 is 0. The molecule has 0 saturated carbocycles. The van der Waals surface area contributed by atoms with Gasteiger partial charge in [-0.15, -0.1) is 0 Å². The molecule has 3 rings (SSSR count). The van der Waals surface area contributed by atoms with Crippen LogP contribution in [-0.2, 0) is 6.42 Å². The van der Waals surface area contributed by atoms with Gasteiger partial charge in [-0.1, -0.05) is 24.3 Å². The van der Waals surface area contributed by atoms with Crippen LogP contribution in [0, 0.1) is 13.8 Å². The highest BCUT2D eigenvalue weighted by atomic mass is 16.2. The highest BCUT2D eigenvalue weighted by Gasteiger charge is 2.27. The molecular weight excluding hydrogens is 260 g/mol. The molecule has 21 heavy (non-hydrogen) atoms. The molecule has 0 aromatic heterocycles. The average molecular weight is 280 g/mol. The summed E-state index contributed by atoms with van der Waals surface area (Å²) in [6, 6.07) is 13.9. The predicted molar refractivity (Wildman–Crippen MR) is 85.7 cm³/mol. The van der Waals surface area contributed by atoms with E-state index >= 15 is 0 Å². The SMILES string of the molecule is Cc1ccc(C(=O)N2CC(N)Cc3ccccc32)cc1C. The first-order chi connectivity index (χ1) is 10.1. The minimum Gasteiger partial charge on any atom is -0.326 e. The fraction of sp³-hybridized carbons (Fsp3) is 0.278. The van der Waals surface area contributed by atoms with Crippen LogP contribution >= 0.6 is 0 Å². The number of nitrogens with two attached hydrogens (primary N) is 1. The molecule has 0 spiro atoms. The Balaban J connectivity index is 1.99. The zero-order valence-electron chi connectivity index (χ0n) is 12.5. The maximum absolute atomic E-state index is 12.8. The molecule has 0 fully saturated rings. The number of anilines is 1. The molecular formula is C18H20N2O. The maximum atomic E-state index is 12.8. The van der Waals surface area contributed by atoms with Crippen LogP contribution in [0.5, 0.6) is 0 Å². The molecule has 0 saturated heterocycles. The van der Waals surface area contributed by atoms with Crippen LogP contribution in [0.4, 0.5) is 5.69 Å². The van der Waals surface area contributed by atoms with Gasteiger partial charge in [-0.25, -0.2) is 0 Å². The molecule has 0 aliphatic carbocycles. The van der Waals surface area contributed by atoms with Gasteiger partial charge in [-0.3, -0.25) is 4.79 Å². The summed E-state index contributed by atoms with van der Waals surface area (Å²) in [6.07, 6.45) is 0.826. The first kappa shape index (κ1) is 13.8. The Bertz CT molecular complexity index is 693. The second-order valence-electron chi connectivity index (χ2n) is 5.81. The first-order valence-electron chi connectivity index (χ1n) is 7.29. The van der Waals surface area contributed by atoms with Crippen LogP contribution in [0.15, 0.2) is 42.5 Å². The second-order valence-corrected chi connectivity index (χ2v) is 5.81. The van der Waals surface area contributed by atoms with Crippen molar-refractivity contribution in [2.24, 2.45) is 5.73 Å². The smallest absolute Gasteiger partial charge is 0.258 e.